The van der Waals surface area contributed by atoms with E-state index >= 15 is 0 Å². The van der Waals surface area contributed by atoms with Gasteiger partial charge in [0.1, 0.15) is 5.82 Å². The Bertz CT molecular complexity index is 477. The number of rotatable bonds is 4. The molecule has 0 unspecified atom stereocenters. The van der Waals surface area contributed by atoms with Crippen molar-refractivity contribution in [3.8, 4) is 0 Å². The SMILES string of the molecule is CCC[C@H](c1ccc(F)c(C(F)(F)F)c1)N1CCNCC1.Cl.Cl. The smallest absolute Gasteiger partial charge is 0.314 e. The van der Waals surface area contributed by atoms with Crippen molar-refractivity contribution < 1.29 is 17.6 Å². The largest absolute Gasteiger partial charge is 0.419 e. The molecule has 1 aliphatic heterocycles. The molecule has 2 rings (SSSR count). The quantitative estimate of drug-likeness (QED) is 0.781. The normalized spacial score (nSPS) is 17.1. The Morgan fingerprint density at radius 1 is 1.17 bits per heavy atom. The van der Waals surface area contributed by atoms with Crippen molar-refractivity contribution in [1.82, 2.24) is 10.2 Å². The maximum atomic E-state index is 13.4. The summed E-state index contributed by atoms with van der Waals surface area (Å²) in [5, 5.41) is 3.23. The number of benzene rings is 1. The van der Waals surface area contributed by atoms with E-state index in [9.17, 15) is 17.6 Å². The second-order valence-electron chi connectivity index (χ2n) is 5.33. The summed E-state index contributed by atoms with van der Waals surface area (Å²) in [6.07, 6.45) is -3.02. The van der Waals surface area contributed by atoms with Gasteiger partial charge in [0.15, 0.2) is 0 Å². The first-order valence-corrected chi connectivity index (χ1v) is 7.25. The van der Waals surface area contributed by atoms with Crippen molar-refractivity contribution >= 4 is 24.8 Å². The highest BCUT2D eigenvalue weighted by molar-refractivity contribution is 5.85. The highest BCUT2D eigenvalue weighted by Crippen LogP contribution is 2.35. The van der Waals surface area contributed by atoms with E-state index in [2.05, 4.69) is 10.2 Å². The monoisotopic (exact) mass is 376 g/mol. The van der Waals surface area contributed by atoms with Gasteiger partial charge in [-0.1, -0.05) is 19.4 Å². The highest BCUT2D eigenvalue weighted by atomic mass is 35.5. The Morgan fingerprint density at radius 3 is 2.30 bits per heavy atom. The molecule has 0 spiro atoms. The molecule has 1 atom stereocenters. The molecule has 2 nitrogen and oxygen atoms in total. The summed E-state index contributed by atoms with van der Waals surface area (Å²) in [5.41, 5.74) is -0.622. The molecule has 1 aliphatic rings. The Balaban J connectivity index is 0.00000242. The third kappa shape index (κ3) is 5.78. The molecular formula is C15H22Cl2F4N2. The van der Waals surface area contributed by atoms with E-state index in [4.69, 9.17) is 0 Å². The minimum atomic E-state index is -4.65. The first kappa shape index (κ1) is 22.4. The van der Waals surface area contributed by atoms with E-state index in [1.165, 1.54) is 6.07 Å². The van der Waals surface area contributed by atoms with E-state index in [1.807, 2.05) is 6.92 Å². The molecule has 0 bridgehead atoms. The van der Waals surface area contributed by atoms with Crippen LogP contribution in [0.4, 0.5) is 17.6 Å². The zero-order valence-corrected chi connectivity index (χ0v) is 14.5. The first-order valence-electron chi connectivity index (χ1n) is 7.25. The molecule has 1 aromatic carbocycles. The van der Waals surface area contributed by atoms with Gasteiger partial charge < -0.3 is 5.32 Å². The van der Waals surface area contributed by atoms with Crippen LogP contribution in [0.25, 0.3) is 0 Å². The van der Waals surface area contributed by atoms with Crippen molar-refractivity contribution in [1.29, 1.82) is 0 Å². The van der Waals surface area contributed by atoms with Gasteiger partial charge in [-0.15, -0.1) is 24.8 Å². The Hall–Kier alpha value is -0.560. The zero-order valence-electron chi connectivity index (χ0n) is 12.8. The van der Waals surface area contributed by atoms with E-state index in [0.29, 0.717) is 5.56 Å². The van der Waals surface area contributed by atoms with Crippen LogP contribution < -0.4 is 5.32 Å². The summed E-state index contributed by atoms with van der Waals surface area (Å²) in [7, 11) is 0. The number of nitrogens with one attached hydrogen (secondary N) is 1. The second kappa shape index (κ2) is 9.67. The molecule has 1 heterocycles. The maximum absolute atomic E-state index is 13.4. The minimum absolute atomic E-state index is 0. The molecule has 1 saturated heterocycles. The molecule has 1 aromatic rings. The Labute approximate surface area is 146 Å². The number of hydrogen-bond donors (Lipinski definition) is 1. The lowest BCUT2D eigenvalue weighted by Crippen LogP contribution is -2.45. The molecule has 23 heavy (non-hydrogen) atoms. The molecular weight excluding hydrogens is 355 g/mol. The predicted molar refractivity (Wildman–Crippen MR) is 88.0 cm³/mol. The van der Waals surface area contributed by atoms with Gasteiger partial charge in [0.25, 0.3) is 0 Å². The van der Waals surface area contributed by atoms with Crippen LogP contribution in [-0.2, 0) is 6.18 Å². The maximum Gasteiger partial charge on any atom is 0.419 e. The van der Waals surface area contributed by atoms with E-state index in [0.717, 1.165) is 51.2 Å². The van der Waals surface area contributed by atoms with Crippen molar-refractivity contribution in [2.75, 3.05) is 26.2 Å². The number of piperazine rings is 1. The number of nitrogens with zero attached hydrogens (tertiary/aromatic N) is 1. The van der Waals surface area contributed by atoms with Gasteiger partial charge >= 0.3 is 6.18 Å². The average molecular weight is 377 g/mol. The van der Waals surface area contributed by atoms with Crippen LogP contribution >= 0.6 is 24.8 Å². The van der Waals surface area contributed by atoms with Crippen LogP contribution in [0.2, 0.25) is 0 Å². The standard InChI is InChI=1S/C15H20F4N2.2ClH/c1-2-3-14(21-8-6-20-7-9-21)11-4-5-13(16)12(10-11)15(17,18)19;;/h4-5,10,14,20H,2-3,6-9H2,1H3;2*1H/t14-;;/m1../s1. The van der Waals surface area contributed by atoms with Gasteiger partial charge in [0.2, 0.25) is 0 Å². The number of hydrogen-bond acceptors (Lipinski definition) is 2. The average Bonchev–Trinajstić information content (AvgIpc) is 2.45. The lowest BCUT2D eigenvalue weighted by atomic mass is 9.97. The van der Waals surface area contributed by atoms with Crippen molar-refractivity contribution in [3.05, 3.63) is 35.1 Å². The summed E-state index contributed by atoms with van der Waals surface area (Å²) >= 11 is 0. The van der Waals surface area contributed by atoms with Gasteiger partial charge in [0, 0.05) is 32.2 Å². The third-order valence-electron chi connectivity index (χ3n) is 3.84. The molecule has 1 fully saturated rings. The van der Waals surface area contributed by atoms with Crippen LogP contribution in [0.15, 0.2) is 18.2 Å². The molecule has 0 aliphatic carbocycles. The third-order valence-corrected chi connectivity index (χ3v) is 3.84. The van der Waals surface area contributed by atoms with E-state index < -0.39 is 17.6 Å². The Kier molecular flexibility index (Phi) is 9.43. The summed E-state index contributed by atoms with van der Waals surface area (Å²) in [6.45, 7) is 5.25. The summed E-state index contributed by atoms with van der Waals surface area (Å²) in [4.78, 5) is 2.17. The number of alkyl halides is 3. The van der Waals surface area contributed by atoms with Crippen molar-refractivity contribution in [2.24, 2.45) is 0 Å². The van der Waals surface area contributed by atoms with Gasteiger partial charge in [-0.05, 0) is 24.1 Å². The predicted octanol–water partition coefficient (Wildman–Crippen LogP) is 4.43. The molecule has 0 amide bonds. The van der Waals surface area contributed by atoms with Gasteiger partial charge in [0.05, 0.1) is 5.56 Å². The molecule has 8 heteroatoms. The van der Waals surface area contributed by atoms with Crippen molar-refractivity contribution in [2.45, 2.75) is 32.0 Å². The van der Waals surface area contributed by atoms with Crippen LogP contribution in [0.3, 0.4) is 0 Å². The fourth-order valence-corrected chi connectivity index (χ4v) is 2.79. The van der Waals surface area contributed by atoms with Gasteiger partial charge in [-0.3, -0.25) is 4.90 Å². The molecule has 134 valence electrons. The van der Waals surface area contributed by atoms with E-state index in [1.54, 1.807) is 0 Å². The molecule has 1 N–H and O–H groups in total. The van der Waals surface area contributed by atoms with Crippen LogP contribution in [0.1, 0.15) is 36.9 Å². The fraction of sp³-hybridized carbons (Fsp3) is 0.600. The zero-order chi connectivity index (χ0) is 15.5. The lowest BCUT2D eigenvalue weighted by molar-refractivity contribution is -0.140. The van der Waals surface area contributed by atoms with E-state index in [-0.39, 0.29) is 30.9 Å². The molecule has 0 radical (unpaired) electrons. The summed E-state index contributed by atoms with van der Waals surface area (Å²) in [6, 6.07) is 3.30. The van der Waals surface area contributed by atoms with Gasteiger partial charge in [-0.2, -0.15) is 13.2 Å². The Morgan fingerprint density at radius 2 is 1.78 bits per heavy atom. The topological polar surface area (TPSA) is 15.3 Å². The second-order valence-corrected chi connectivity index (χ2v) is 5.33. The fourth-order valence-electron chi connectivity index (χ4n) is 2.79. The highest BCUT2D eigenvalue weighted by Gasteiger charge is 2.35. The molecule has 0 aromatic heterocycles. The summed E-state index contributed by atoms with van der Waals surface area (Å²) in [5.74, 6) is -1.21. The minimum Gasteiger partial charge on any atom is -0.314 e. The van der Waals surface area contributed by atoms with Crippen molar-refractivity contribution in [3.63, 3.8) is 0 Å². The van der Waals surface area contributed by atoms with Gasteiger partial charge in [-0.25, -0.2) is 4.39 Å². The van der Waals surface area contributed by atoms with Crippen LogP contribution in [0.5, 0.6) is 0 Å². The van der Waals surface area contributed by atoms with Crippen LogP contribution in [0, 0.1) is 5.82 Å². The van der Waals surface area contributed by atoms with Crippen LogP contribution in [-0.4, -0.2) is 31.1 Å². The lowest BCUT2D eigenvalue weighted by Gasteiger charge is -2.35. The first-order chi connectivity index (χ1) is 9.93. The summed E-state index contributed by atoms with van der Waals surface area (Å²) < 4.78 is 52.0. The number of halogens is 6. The molecule has 0 saturated carbocycles.